The maximum absolute atomic E-state index is 5.20. The third-order valence-electron chi connectivity index (χ3n) is 2.05. The average Bonchev–Trinajstić information content (AvgIpc) is 2.79. The van der Waals surface area contributed by atoms with Gasteiger partial charge in [0.2, 0.25) is 0 Å². The molecule has 2 heterocycles. The molecule has 14 heavy (non-hydrogen) atoms. The maximum atomic E-state index is 5.20. The molecular weight excluding hydrogens is 196 g/mol. The molecule has 2 aromatic rings. The molecule has 1 atom stereocenters. The molecule has 0 bridgehead atoms. The van der Waals surface area contributed by atoms with E-state index in [0.717, 1.165) is 5.69 Å². The highest BCUT2D eigenvalue weighted by Gasteiger charge is 2.16. The van der Waals surface area contributed by atoms with Crippen LogP contribution in [0.3, 0.4) is 0 Å². The van der Waals surface area contributed by atoms with Crippen molar-refractivity contribution in [1.29, 1.82) is 0 Å². The predicted molar refractivity (Wildman–Crippen MR) is 56.5 cm³/mol. The van der Waals surface area contributed by atoms with Crippen LogP contribution in [0, 0.1) is 6.92 Å². The van der Waals surface area contributed by atoms with Crippen LogP contribution in [0.4, 0.5) is 0 Å². The summed E-state index contributed by atoms with van der Waals surface area (Å²) in [5, 5.41) is 5.28. The van der Waals surface area contributed by atoms with Gasteiger partial charge in [0.05, 0.1) is 6.04 Å². The highest BCUT2D eigenvalue weighted by atomic mass is 32.1. The molecule has 2 aromatic heterocycles. The second-order valence-electron chi connectivity index (χ2n) is 3.03. The molecule has 3 nitrogen and oxygen atoms in total. The highest BCUT2D eigenvalue weighted by molar-refractivity contribution is 7.10. The molecule has 0 aromatic carbocycles. The molecule has 0 saturated heterocycles. The number of thiophene rings is 1. The summed E-state index contributed by atoms with van der Waals surface area (Å²) in [5.74, 6) is 0.705. The van der Waals surface area contributed by atoms with E-state index in [2.05, 4.69) is 21.7 Å². The molecule has 0 aliphatic carbocycles. The molecule has 1 N–H and O–H groups in total. The summed E-state index contributed by atoms with van der Waals surface area (Å²) in [6.45, 7) is 1.85. The van der Waals surface area contributed by atoms with Crippen molar-refractivity contribution >= 4 is 11.3 Å². The number of hydrogen-bond donors (Lipinski definition) is 1. The van der Waals surface area contributed by atoms with Gasteiger partial charge in [-0.05, 0) is 18.5 Å². The lowest BCUT2D eigenvalue weighted by Gasteiger charge is -2.10. The lowest BCUT2D eigenvalue weighted by atomic mass is 10.2. The summed E-state index contributed by atoms with van der Waals surface area (Å²) < 4.78 is 5.20. The Bertz CT molecular complexity index is 394. The number of aromatic nitrogens is 1. The normalized spacial score (nSPS) is 13.0. The Kier molecular flexibility index (Phi) is 2.65. The third kappa shape index (κ3) is 1.71. The molecule has 0 saturated carbocycles. The van der Waals surface area contributed by atoms with Gasteiger partial charge < -0.3 is 9.73 Å². The average molecular weight is 208 g/mol. The second kappa shape index (κ2) is 3.94. The minimum atomic E-state index is 0.146. The summed E-state index contributed by atoms with van der Waals surface area (Å²) in [4.78, 5) is 5.57. The van der Waals surface area contributed by atoms with Gasteiger partial charge in [-0.1, -0.05) is 6.07 Å². The van der Waals surface area contributed by atoms with E-state index in [4.69, 9.17) is 4.42 Å². The zero-order chi connectivity index (χ0) is 9.97. The van der Waals surface area contributed by atoms with Gasteiger partial charge >= 0.3 is 0 Å². The van der Waals surface area contributed by atoms with Gasteiger partial charge in [0.1, 0.15) is 12.0 Å². The van der Waals surface area contributed by atoms with Crippen LogP contribution in [0.5, 0.6) is 0 Å². The van der Waals surface area contributed by atoms with Crippen LogP contribution in [0.1, 0.15) is 22.5 Å². The SMILES string of the molecule is CNC(c1coc(C)n1)c1cccs1. The fourth-order valence-corrected chi connectivity index (χ4v) is 2.25. The van der Waals surface area contributed by atoms with Gasteiger partial charge in [0.25, 0.3) is 0 Å². The number of nitrogens with one attached hydrogen (secondary N) is 1. The molecule has 0 aliphatic heterocycles. The Balaban J connectivity index is 2.31. The van der Waals surface area contributed by atoms with E-state index >= 15 is 0 Å². The first-order valence-electron chi connectivity index (χ1n) is 4.44. The van der Waals surface area contributed by atoms with Crippen molar-refractivity contribution in [3.63, 3.8) is 0 Å². The molecule has 1 unspecified atom stereocenters. The monoisotopic (exact) mass is 208 g/mol. The zero-order valence-electron chi connectivity index (χ0n) is 8.15. The predicted octanol–water partition coefficient (Wildman–Crippen LogP) is 2.35. The Morgan fingerprint density at radius 3 is 2.93 bits per heavy atom. The molecule has 0 amide bonds. The largest absolute Gasteiger partial charge is 0.449 e. The lowest BCUT2D eigenvalue weighted by molar-refractivity contribution is 0.519. The molecule has 2 rings (SSSR count). The molecule has 4 heteroatoms. The third-order valence-corrected chi connectivity index (χ3v) is 2.99. The molecule has 0 aliphatic rings. The van der Waals surface area contributed by atoms with Crippen LogP contribution in [0.25, 0.3) is 0 Å². The van der Waals surface area contributed by atoms with Crippen LogP contribution >= 0.6 is 11.3 Å². The molecular formula is C10H12N2OS. The second-order valence-corrected chi connectivity index (χ2v) is 4.01. The van der Waals surface area contributed by atoms with E-state index in [1.165, 1.54) is 4.88 Å². The summed E-state index contributed by atoms with van der Waals surface area (Å²) in [7, 11) is 1.92. The quantitative estimate of drug-likeness (QED) is 0.841. The van der Waals surface area contributed by atoms with Crippen LogP contribution in [0.2, 0.25) is 0 Å². The first-order chi connectivity index (χ1) is 6.81. The fourth-order valence-electron chi connectivity index (χ4n) is 1.40. The van der Waals surface area contributed by atoms with Crippen molar-refractivity contribution in [1.82, 2.24) is 10.3 Å². The van der Waals surface area contributed by atoms with Crippen LogP contribution < -0.4 is 5.32 Å². The number of rotatable bonds is 3. The first kappa shape index (κ1) is 9.43. The van der Waals surface area contributed by atoms with Crippen LogP contribution in [-0.2, 0) is 0 Å². The lowest BCUT2D eigenvalue weighted by Crippen LogP contribution is -2.16. The zero-order valence-corrected chi connectivity index (χ0v) is 8.97. The van der Waals surface area contributed by atoms with Crippen LogP contribution in [0.15, 0.2) is 28.2 Å². The standard InChI is InChI=1S/C10H12N2OS/c1-7-12-8(6-13-7)10(11-2)9-4-3-5-14-9/h3-6,10-11H,1-2H3. The van der Waals surface area contributed by atoms with Crippen molar-refractivity contribution < 1.29 is 4.42 Å². The van der Waals surface area contributed by atoms with Gasteiger partial charge in [0.15, 0.2) is 5.89 Å². The molecule has 0 fully saturated rings. The van der Waals surface area contributed by atoms with E-state index in [-0.39, 0.29) is 6.04 Å². The molecule has 0 spiro atoms. The minimum Gasteiger partial charge on any atom is -0.449 e. The van der Waals surface area contributed by atoms with Crippen molar-refractivity contribution in [3.05, 3.63) is 40.2 Å². The smallest absolute Gasteiger partial charge is 0.191 e. The van der Waals surface area contributed by atoms with Crippen molar-refractivity contribution in [2.24, 2.45) is 0 Å². The number of hydrogen-bond acceptors (Lipinski definition) is 4. The number of oxazole rings is 1. The van der Waals surface area contributed by atoms with E-state index < -0.39 is 0 Å². The Labute approximate surface area is 86.8 Å². The summed E-state index contributed by atoms with van der Waals surface area (Å²) >= 11 is 1.72. The van der Waals surface area contributed by atoms with Crippen molar-refractivity contribution in [2.75, 3.05) is 7.05 Å². The van der Waals surface area contributed by atoms with E-state index in [9.17, 15) is 0 Å². The van der Waals surface area contributed by atoms with Crippen LogP contribution in [-0.4, -0.2) is 12.0 Å². The molecule has 74 valence electrons. The number of nitrogens with zero attached hydrogens (tertiary/aromatic N) is 1. The topological polar surface area (TPSA) is 38.1 Å². The van der Waals surface area contributed by atoms with Gasteiger partial charge in [0, 0.05) is 11.8 Å². The van der Waals surface area contributed by atoms with Gasteiger partial charge in [-0.3, -0.25) is 0 Å². The Morgan fingerprint density at radius 1 is 1.57 bits per heavy atom. The summed E-state index contributed by atoms with van der Waals surface area (Å²) in [6, 6.07) is 4.28. The van der Waals surface area contributed by atoms with Crippen molar-refractivity contribution in [3.8, 4) is 0 Å². The molecule has 0 radical (unpaired) electrons. The summed E-state index contributed by atoms with van der Waals surface area (Å²) in [6.07, 6.45) is 1.70. The van der Waals surface area contributed by atoms with E-state index in [1.54, 1.807) is 17.6 Å². The van der Waals surface area contributed by atoms with E-state index in [0.29, 0.717) is 5.89 Å². The summed E-state index contributed by atoms with van der Waals surface area (Å²) in [5.41, 5.74) is 0.937. The van der Waals surface area contributed by atoms with Gasteiger partial charge in [-0.15, -0.1) is 11.3 Å². The fraction of sp³-hybridized carbons (Fsp3) is 0.300. The number of aryl methyl sites for hydroxylation is 1. The first-order valence-corrected chi connectivity index (χ1v) is 5.32. The maximum Gasteiger partial charge on any atom is 0.191 e. The van der Waals surface area contributed by atoms with Crippen molar-refractivity contribution in [2.45, 2.75) is 13.0 Å². The van der Waals surface area contributed by atoms with Gasteiger partial charge in [-0.25, -0.2) is 4.98 Å². The Morgan fingerprint density at radius 2 is 2.43 bits per heavy atom. The Hall–Kier alpha value is -1.13. The van der Waals surface area contributed by atoms with Gasteiger partial charge in [-0.2, -0.15) is 0 Å². The minimum absolute atomic E-state index is 0.146. The highest BCUT2D eigenvalue weighted by Crippen LogP contribution is 2.24. The van der Waals surface area contributed by atoms with E-state index in [1.807, 2.05) is 20.0 Å².